The van der Waals surface area contributed by atoms with Crippen molar-refractivity contribution in [1.29, 1.82) is 0 Å². The summed E-state index contributed by atoms with van der Waals surface area (Å²) in [5, 5.41) is 8.51. The summed E-state index contributed by atoms with van der Waals surface area (Å²) in [6.07, 6.45) is 2.26. The van der Waals surface area contributed by atoms with Crippen molar-refractivity contribution >= 4 is 11.7 Å². The predicted octanol–water partition coefficient (Wildman–Crippen LogP) is 2.73. The first-order valence-electron chi connectivity index (χ1n) is 8.32. The van der Waals surface area contributed by atoms with Crippen LogP contribution in [0, 0.1) is 5.92 Å². The third kappa shape index (κ3) is 3.88. The van der Waals surface area contributed by atoms with Crippen molar-refractivity contribution in [1.82, 2.24) is 5.48 Å². The number of ketones is 1. The Kier molecular flexibility index (Phi) is 5.14. The molecule has 2 N–H and O–H groups in total. The molecule has 0 spiro atoms. The quantitative estimate of drug-likeness (QED) is 0.627. The van der Waals surface area contributed by atoms with Crippen LogP contribution in [0.25, 0.3) is 0 Å². The molecule has 3 rings (SSSR count). The number of Topliss-reactive ketones (excluding diaryl/α,β-unsaturated/α-hetero) is 1. The number of benzene rings is 2. The molecule has 0 aromatic heterocycles. The zero-order valence-electron chi connectivity index (χ0n) is 14.1. The number of rotatable bonds is 6. The molecule has 5 nitrogen and oxygen atoms in total. The van der Waals surface area contributed by atoms with Gasteiger partial charge in [-0.05, 0) is 54.2 Å². The van der Waals surface area contributed by atoms with Crippen molar-refractivity contribution in [2.45, 2.75) is 25.7 Å². The molecular weight excluding hydrogens is 318 g/mol. The Bertz CT molecular complexity index is 783. The fourth-order valence-electron chi connectivity index (χ4n) is 3.29. The van der Waals surface area contributed by atoms with Crippen LogP contribution < -0.4 is 10.2 Å². The fraction of sp³-hybridized carbons (Fsp3) is 0.300. The molecule has 1 aliphatic rings. The first kappa shape index (κ1) is 17.2. The van der Waals surface area contributed by atoms with E-state index in [4.69, 9.17) is 9.94 Å². The van der Waals surface area contributed by atoms with Gasteiger partial charge in [0.05, 0.1) is 7.11 Å². The molecule has 2 aromatic carbocycles. The summed E-state index contributed by atoms with van der Waals surface area (Å²) < 4.78 is 5.23. The van der Waals surface area contributed by atoms with Gasteiger partial charge in [-0.3, -0.25) is 14.8 Å². The number of ether oxygens (including phenoxy) is 1. The van der Waals surface area contributed by atoms with Gasteiger partial charge in [-0.25, -0.2) is 5.48 Å². The number of carbonyl (C=O) groups excluding carboxylic acids is 2. The van der Waals surface area contributed by atoms with Crippen LogP contribution in [0.4, 0.5) is 0 Å². The minimum atomic E-state index is -0.395. The second kappa shape index (κ2) is 7.49. The van der Waals surface area contributed by atoms with Crippen LogP contribution >= 0.6 is 0 Å². The van der Waals surface area contributed by atoms with Gasteiger partial charge in [0.2, 0.25) is 5.91 Å². The second-order valence-electron chi connectivity index (χ2n) is 6.34. The lowest BCUT2D eigenvalue weighted by molar-refractivity contribution is -0.129. The summed E-state index contributed by atoms with van der Waals surface area (Å²) in [7, 11) is 1.63. The van der Waals surface area contributed by atoms with Crippen LogP contribution in [0.1, 0.15) is 33.5 Å². The molecule has 2 aromatic rings. The molecule has 1 unspecified atom stereocenters. The standard InChI is InChI=1S/C20H21NO4/c1-25-17-7-8-18-15(12-17)11-16(20(18)23)10-14-4-2-13(3-5-14)6-9-19(22)21-24/h2-5,7-8,12,16,24H,6,9-11H2,1H3,(H,21,22). The molecule has 0 saturated heterocycles. The number of hydrogen-bond donors (Lipinski definition) is 2. The number of amides is 1. The zero-order valence-corrected chi connectivity index (χ0v) is 14.1. The van der Waals surface area contributed by atoms with Crippen LogP contribution in [-0.2, 0) is 24.1 Å². The highest BCUT2D eigenvalue weighted by molar-refractivity contribution is 6.02. The van der Waals surface area contributed by atoms with Gasteiger partial charge in [0, 0.05) is 17.9 Å². The molecule has 0 bridgehead atoms. The summed E-state index contributed by atoms with van der Waals surface area (Å²) in [4.78, 5) is 23.6. The van der Waals surface area contributed by atoms with Crippen molar-refractivity contribution in [2.24, 2.45) is 5.92 Å². The Morgan fingerprint density at radius 1 is 1.20 bits per heavy atom. The number of aryl methyl sites for hydroxylation is 1. The van der Waals surface area contributed by atoms with Crippen LogP contribution in [-0.4, -0.2) is 24.0 Å². The average Bonchev–Trinajstić information content (AvgIpc) is 2.95. The van der Waals surface area contributed by atoms with Crippen molar-refractivity contribution in [3.8, 4) is 5.75 Å². The Balaban J connectivity index is 1.63. The number of carbonyl (C=O) groups is 2. The first-order valence-corrected chi connectivity index (χ1v) is 8.32. The lowest BCUT2D eigenvalue weighted by Gasteiger charge is -2.09. The van der Waals surface area contributed by atoms with Crippen molar-refractivity contribution in [2.75, 3.05) is 7.11 Å². The highest BCUT2D eigenvalue weighted by Crippen LogP contribution is 2.31. The monoisotopic (exact) mass is 339 g/mol. The maximum Gasteiger partial charge on any atom is 0.243 e. The average molecular weight is 339 g/mol. The molecule has 0 fully saturated rings. The molecule has 1 amide bonds. The Labute approximate surface area is 146 Å². The van der Waals surface area contributed by atoms with Crippen LogP contribution in [0.2, 0.25) is 0 Å². The summed E-state index contributed by atoms with van der Waals surface area (Å²) in [6, 6.07) is 13.6. The van der Waals surface area contributed by atoms with E-state index in [9.17, 15) is 9.59 Å². The SMILES string of the molecule is COc1ccc2c(c1)CC(Cc1ccc(CCC(=O)NO)cc1)C2=O. The number of methoxy groups -OCH3 is 1. The fourth-order valence-corrected chi connectivity index (χ4v) is 3.29. The summed E-state index contributed by atoms with van der Waals surface area (Å²) in [6.45, 7) is 0. The molecular formula is C20H21NO4. The maximum absolute atomic E-state index is 12.6. The first-order chi connectivity index (χ1) is 12.1. The van der Waals surface area contributed by atoms with Gasteiger partial charge in [-0.2, -0.15) is 0 Å². The van der Waals surface area contributed by atoms with Gasteiger partial charge >= 0.3 is 0 Å². The molecule has 0 heterocycles. The van der Waals surface area contributed by atoms with E-state index < -0.39 is 5.91 Å². The van der Waals surface area contributed by atoms with Gasteiger partial charge in [0.25, 0.3) is 0 Å². The van der Waals surface area contributed by atoms with Crippen LogP contribution in [0.3, 0.4) is 0 Å². The van der Waals surface area contributed by atoms with Crippen molar-refractivity contribution in [3.05, 3.63) is 64.7 Å². The van der Waals surface area contributed by atoms with E-state index in [1.165, 1.54) is 0 Å². The van der Waals surface area contributed by atoms with Crippen LogP contribution in [0.15, 0.2) is 42.5 Å². The normalized spacial score (nSPS) is 15.8. The van der Waals surface area contributed by atoms with E-state index in [-0.39, 0.29) is 18.1 Å². The van der Waals surface area contributed by atoms with Crippen molar-refractivity contribution in [3.63, 3.8) is 0 Å². The van der Waals surface area contributed by atoms with Crippen LogP contribution in [0.5, 0.6) is 5.75 Å². The number of nitrogens with one attached hydrogen (secondary N) is 1. The van der Waals surface area contributed by atoms with E-state index in [1.807, 2.05) is 42.5 Å². The topological polar surface area (TPSA) is 75.6 Å². The largest absolute Gasteiger partial charge is 0.497 e. The zero-order chi connectivity index (χ0) is 17.8. The Morgan fingerprint density at radius 3 is 2.60 bits per heavy atom. The summed E-state index contributed by atoms with van der Waals surface area (Å²) in [5.74, 6) is 0.548. The van der Waals surface area contributed by atoms with E-state index in [0.717, 1.165) is 34.4 Å². The molecule has 25 heavy (non-hydrogen) atoms. The summed E-state index contributed by atoms with van der Waals surface area (Å²) in [5.41, 5.74) is 5.62. The molecule has 1 atom stereocenters. The number of fused-ring (bicyclic) bond motifs is 1. The molecule has 1 aliphatic carbocycles. The molecule has 0 saturated carbocycles. The minimum absolute atomic E-state index is 0.0341. The maximum atomic E-state index is 12.6. The van der Waals surface area contributed by atoms with E-state index in [2.05, 4.69) is 0 Å². The minimum Gasteiger partial charge on any atom is -0.497 e. The molecule has 130 valence electrons. The molecule has 5 heteroatoms. The van der Waals surface area contributed by atoms with E-state index in [1.54, 1.807) is 12.6 Å². The molecule has 0 aliphatic heterocycles. The van der Waals surface area contributed by atoms with Gasteiger partial charge < -0.3 is 4.74 Å². The third-order valence-corrected chi connectivity index (χ3v) is 4.69. The second-order valence-corrected chi connectivity index (χ2v) is 6.34. The van der Waals surface area contributed by atoms with Gasteiger partial charge in [0.1, 0.15) is 5.75 Å². The number of hydrogen-bond acceptors (Lipinski definition) is 4. The Morgan fingerprint density at radius 2 is 1.92 bits per heavy atom. The highest BCUT2D eigenvalue weighted by Gasteiger charge is 2.30. The summed E-state index contributed by atoms with van der Waals surface area (Å²) >= 11 is 0. The van der Waals surface area contributed by atoms with Crippen molar-refractivity contribution < 1.29 is 19.5 Å². The lowest BCUT2D eigenvalue weighted by atomic mass is 9.95. The molecule has 0 radical (unpaired) electrons. The third-order valence-electron chi connectivity index (χ3n) is 4.69. The van der Waals surface area contributed by atoms with Gasteiger partial charge in [-0.1, -0.05) is 24.3 Å². The van der Waals surface area contributed by atoms with Gasteiger partial charge in [0.15, 0.2) is 5.78 Å². The predicted molar refractivity (Wildman–Crippen MR) is 92.9 cm³/mol. The van der Waals surface area contributed by atoms with E-state index in [0.29, 0.717) is 12.8 Å². The number of hydroxylamine groups is 1. The smallest absolute Gasteiger partial charge is 0.243 e. The Hall–Kier alpha value is -2.66. The van der Waals surface area contributed by atoms with E-state index >= 15 is 0 Å². The van der Waals surface area contributed by atoms with Gasteiger partial charge in [-0.15, -0.1) is 0 Å². The highest BCUT2D eigenvalue weighted by atomic mass is 16.5. The lowest BCUT2D eigenvalue weighted by Crippen LogP contribution is -2.18.